The average Bonchev–Trinajstić information content (AvgIpc) is 3.71. The van der Waals surface area contributed by atoms with E-state index in [0.717, 1.165) is 31.2 Å². The first kappa shape index (κ1) is 22.3. The van der Waals surface area contributed by atoms with Gasteiger partial charge in [0.15, 0.2) is 15.5 Å². The van der Waals surface area contributed by atoms with Crippen molar-refractivity contribution in [2.45, 2.75) is 67.5 Å². The first-order chi connectivity index (χ1) is 16.8. The van der Waals surface area contributed by atoms with Gasteiger partial charge in [0, 0.05) is 25.2 Å². The predicted octanol–water partition coefficient (Wildman–Crippen LogP) is 2.13. The van der Waals surface area contributed by atoms with Gasteiger partial charge in [-0.2, -0.15) is 10.4 Å². The number of carbonyl (C=O) groups is 2. The van der Waals surface area contributed by atoms with Gasteiger partial charge in [0.25, 0.3) is 11.8 Å². The Kier molecular flexibility index (Phi) is 5.04. The van der Waals surface area contributed by atoms with Gasteiger partial charge >= 0.3 is 0 Å². The standard InChI is InChI=1S/C25H27N5O4S/c26-13-16-1-3-17(4-2-16)14-27-23(31)21-20-9-12-29(24(32)22(20)30(28-21)18-5-6-18)15-25(10-11-25)35(33,34)19-7-8-19/h1-4,18-19H,5-12,14-15H2,(H,27,31). The molecule has 1 N–H and O–H groups in total. The van der Waals surface area contributed by atoms with E-state index in [2.05, 4.69) is 16.5 Å². The second-order valence-electron chi connectivity index (χ2n) is 10.2. The Hall–Kier alpha value is -3.19. The smallest absolute Gasteiger partial charge is 0.272 e. The molecule has 0 bridgehead atoms. The average molecular weight is 494 g/mol. The molecule has 0 saturated heterocycles. The Balaban J connectivity index is 1.22. The highest BCUT2D eigenvalue weighted by molar-refractivity contribution is 7.94. The number of carbonyl (C=O) groups excluding carboxylic acids is 2. The number of amides is 2. The lowest BCUT2D eigenvalue weighted by molar-refractivity contribution is 0.0722. The number of hydrogen-bond acceptors (Lipinski definition) is 6. The molecule has 3 aliphatic carbocycles. The van der Waals surface area contributed by atoms with E-state index in [4.69, 9.17) is 5.26 Å². The van der Waals surface area contributed by atoms with Gasteiger partial charge in [0.05, 0.1) is 27.7 Å². The van der Waals surface area contributed by atoms with E-state index in [0.29, 0.717) is 42.6 Å². The number of nitriles is 1. The van der Waals surface area contributed by atoms with Crippen molar-refractivity contribution in [2.75, 3.05) is 13.1 Å². The molecule has 3 fully saturated rings. The zero-order chi connectivity index (χ0) is 24.4. The van der Waals surface area contributed by atoms with E-state index in [1.54, 1.807) is 33.8 Å². The van der Waals surface area contributed by atoms with Gasteiger partial charge in [-0.15, -0.1) is 0 Å². The molecule has 0 spiro atoms. The van der Waals surface area contributed by atoms with Crippen LogP contribution in [0.1, 0.15) is 82.2 Å². The molecule has 0 unspecified atom stereocenters. The lowest BCUT2D eigenvalue weighted by Crippen LogP contribution is -2.47. The van der Waals surface area contributed by atoms with E-state index < -0.39 is 14.6 Å². The molecule has 0 radical (unpaired) electrons. The molecule has 35 heavy (non-hydrogen) atoms. The number of fused-ring (bicyclic) bond motifs is 1. The summed E-state index contributed by atoms with van der Waals surface area (Å²) in [7, 11) is -3.21. The number of nitrogens with zero attached hydrogens (tertiary/aromatic N) is 4. The van der Waals surface area contributed by atoms with Gasteiger partial charge in [-0.3, -0.25) is 14.3 Å². The Bertz CT molecular complexity index is 1360. The minimum absolute atomic E-state index is 0.109. The highest BCUT2D eigenvalue weighted by atomic mass is 32.2. The van der Waals surface area contributed by atoms with Crippen LogP contribution >= 0.6 is 0 Å². The normalized spacial score (nSPS) is 20.8. The zero-order valence-corrected chi connectivity index (χ0v) is 20.2. The molecule has 2 aromatic rings. The third-order valence-corrected chi connectivity index (χ3v) is 10.7. The van der Waals surface area contributed by atoms with Gasteiger partial charge in [-0.25, -0.2) is 8.42 Å². The fourth-order valence-corrected chi connectivity index (χ4v) is 7.53. The summed E-state index contributed by atoms with van der Waals surface area (Å²) in [6.07, 6.45) is 5.00. The van der Waals surface area contributed by atoms with Crippen LogP contribution in [-0.2, 0) is 22.8 Å². The van der Waals surface area contributed by atoms with Crippen LogP contribution in [0.2, 0.25) is 0 Å². The lowest BCUT2D eigenvalue weighted by Gasteiger charge is -2.31. The van der Waals surface area contributed by atoms with Gasteiger partial charge in [0.2, 0.25) is 0 Å². The first-order valence-corrected chi connectivity index (χ1v) is 13.8. The van der Waals surface area contributed by atoms with Crippen molar-refractivity contribution in [3.63, 3.8) is 0 Å². The summed E-state index contributed by atoms with van der Waals surface area (Å²) in [5.74, 6) is -0.546. The molecule has 10 heteroatoms. The molecule has 9 nitrogen and oxygen atoms in total. The molecular formula is C25H27N5O4S. The van der Waals surface area contributed by atoms with Crippen LogP contribution in [0.4, 0.5) is 0 Å². The summed E-state index contributed by atoms with van der Waals surface area (Å²) in [5.41, 5.74) is 2.80. The van der Waals surface area contributed by atoms with Crippen LogP contribution in [0.3, 0.4) is 0 Å². The highest BCUT2D eigenvalue weighted by Gasteiger charge is 2.60. The second kappa shape index (κ2) is 7.92. The lowest BCUT2D eigenvalue weighted by atomic mass is 10.0. The summed E-state index contributed by atoms with van der Waals surface area (Å²) in [4.78, 5) is 28.3. The van der Waals surface area contributed by atoms with Crippen molar-refractivity contribution in [1.82, 2.24) is 20.0 Å². The Morgan fingerprint density at radius 3 is 2.49 bits per heavy atom. The van der Waals surface area contributed by atoms with Crippen molar-refractivity contribution in [2.24, 2.45) is 0 Å². The number of hydrogen-bond donors (Lipinski definition) is 1. The maximum Gasteiger partial charge on any atom is 0.272 e. The van der Waals surface area contributed by atoms with E-state index >= 15 is 0 Å². The summed E-state index contributed by atoms with van der Waals surface area (Å²) < 4.78 is 26.9. The van der Waals surface area contributed by atoms with E-state index in [1.807, 2.05) is 0 Å². The number of nitrogens with one attached hydrogen (secondary N) is 1. The molecule has 182 valence electrons. The van der Waals surface area contributed by atoms with Crippen molar-refractivity contribution in [3.05, 3.63) is 52.3 Å². The van der Waals surface area contributed by atoms with E-state index in [-0.39, 0.29) is 41.9 Å². The fraction of sp³-hybridized carbons (Fsp3) is 0.520. The van der Waals surface area contributed by atoms with Crippen LogP contribution in [0.15, 0.2) is 24.3 Å². The number of aromatic nitrogens is 2. The molecule has 2 amide bonds. The fourth-order valence-electron chi connectivity index (χ4n) is 5.06. The minimum Gasteiger partial charge on any atom is -0.347 e. The summed E-state index contributed by atoms with van der Waals surface area (Å²) in [5, 5.41) is 16.2. The van der Waals surface area contributed by atoms with E-state index in [9.17, 15) is 18.0 Å². The highest BCUT2D eigenvalue weighted by Crippen LogP contribution is 2.51. The number of benzene rings is 1. The van der Waals surface area contributed by atoms with Crippen LogP contribution in [0.25, 0.3) is 0 Å². The number of rotatable bonds is 8. The molecule has 1 aliphatic heterocycles. The van der Waals surface area contributed by atoms with Crippen molar-refractivity contribution >= 4 is 21.7 Å². The second-order valence-corrected chi connectivity index (χ2v) is 12.9. The molecule has 6 rings (SSSR count). The Morgan fingerprint density at radius 2 is 1.89 bits per heavy atom. The molecule has 2 heterocycles. The third-order valence-electron chi connectivity index (χ3n) is 7.63. The molecule has 3 saturated carbocycles. The number of sulfone groups is 1. The van der Waals surface area contributed by atoms with Gasteiger partial charge < -0.3 is 10.2 Å². The molecule has 1 aromatic heterocycles. The van der Waals surface area contributed by atoms with Crippen LogP contribution in [0, 0.1) is 11.3 Å². The van der Waals surface area contributed by atoms with Crippen molar-refractivity contribution in [3.8, 4) is 6.07 Å². The molecular weight excluding hydrogens is 466 g/mol. The third kappa shape index (κ3) is 3.82. The Labute approximate surface area is 204 Å². The quantitative estimate of drug-likeness (QED) is 0.601. The van der Waals surface area contributed by atoms with Gasteiger partial charge in [0.1, 0.15) is 5.69 Å². The van der Waals surface area contributed by atoms with Crippen LogP contribution in [-0.4, -0.2) is 58.0 Å². The summed E-state index contributed by atoms with van der Waals surface area (Å²) in [6, 6.07) is 9.17. The summed E-state index contributed by atoms with van der Waals surface area (Å²) in [6.45, 7) is 0.914. The maximum atomic E-state index is 13.6. The largest absolute Gasteiger partial charge is 0.347 e. The zero-order valence-electron chi connectivity index (χ0n) is 19.4. The molecule has 1 aromatic carbocycles. The van der Waals surface area contributed by atoms with Gasteiger partial charge in [-0.05, 0) is 62.6 Å². The SMILES string of the molecule is N#Cc1ccc(CNC(=O)c2nn(C3CC3)c3c2CCN(CC2(S(=O)(=O)C4CC4)CC2)C3=O)cc1. The molecule has 4 aliphatic rings. The predicted molar refractivity (Wildman–Crippen MR) is 126 cm³/mol. The van der Waals surface area contributed by atoms with Crippen molar-refractivity contribution < 1.29 is 18.0 Å². The van der Waals surface area contributed by atoms with Crippen LogP contribution in [0.5, 0.6) is 0 Å². The minimum atomic E-state index is -3.21. The first-order valence-electron chi connectivity index (χ1n) is 12.2. The van der Waals surface area contributed by atoms with E-state index in [1.165, 1.54) is 0 Å². The Morgan fingerprint density at radius 1 is 1.17 bits per heavy atom. The topological polar surface area (TPSA) is 125 Å². The summed E-state index contributed by atoms with van der Waals surface area (Å²) >= 11 is 0. The molecule has 0 atom stereocenters. The van der Waals surface area contributed by atoms with Crippen LogP contribution < -0.4 is 5.32 Å². The van der Waals surface area contributed by atoms with Gasteiger partial charge in [-0.1, -0.05) is 12.1 Å². The maximum absolute atomic E-state index is 13.6. The monoisotopic (exact) mass is 493 g/mol. The van der Waals surface area contributed by atoms with Crippen molar-refractivity contribution in [1.29, 1.82) is 5.26 Å².